The molecule has 1 aliphatic carbocycles. The van der Waals surface area contributed by atoms with Crippen LogP contribution in [0, 0.1) is 32.6 Å². The fourth-order valence-electron chi connectivity index (χ4n) is 4.86. The Balaban J connectivity index is 1.41. The van der Waals surface area contributed by atoms with Gasteiger partial charge in [-0.2, -0.15) is 0 Å². The number of rotatable bonds is 6. The maximum absolute atomic E-state index is 12.9. The van der Waals surface area contributed by atoms with E-state index in [4.69, 9.17) is 9.47 Å². The van der Waals surface area contributed by atoms with E-state index in [2.05, 4.69) is 10.3 Å². The van der Waals surface area contributed by atoms with Crippen molar-refractivity contribution in [2.24, 2.45) is 11.8 Å². The van der Waals surface area contributed by atoms with E-state index in [0.29, 0.717) is 11.4 Å². The van der Waals surface area contributed by atoms with Gasteiger partial charge in [0.1, 0.15) is 23.8 Å². The highest BCUT2D eigenvalue weighted by molar-refractivity contribution is 5.73. The van der Waals surface area contributed by atoms with E-state index in [1.807, 2.05) is 33.8 Å². The second-order valence-corrected chi connectivity index (χ2v) is 9.39. The number of aromatic hydroxyl groups is 1. The largest absolute Gasteiger partial charge is 0.508 e. The van der Waals surface area contributed by atoms with Crippen molar-refractivity contribution >= 4 is 11.9 Å². The number of hydrogen-bond acceptors (Lipinski definition) is 7. The van der Waals surface area contributed by atoms with Crippen molar-refractivity contribution in [1.29, 1.82) is 0 Å². The third kappa shape index (κ3) is 5.21. The van der Waals surface area contributed by atoms with E-state index in [9.17, 15) is 14.7 Å². The Morgan fingerprint density at radius 3 is 2.66 bits per heavy atom. The number of hydrogen-bond donors (Lipinski definition) is 1. The minimum absolute atomic E-state index is 0.0400. The lowest BCUT2D eigenvalue weighted by molar-refractivity contribution is -0.151. The van der Waals surface area contributed by atoms with Crippen LogP contribution >= 0.6 is 0 Å². The molecular formula is C27H31N3O5. The first kappa shape index (κ1) is 24.4. The Kier molecular flexibility index (Phi) is 6.91. The lowest BCUT2D eigenvalue weighted by Crippen LogP contribution is -2.29. The first-order valence-corrected chi connectivity index (χ1v) is 11.8. The summed E-state index contributed by atoms with van der Waals surface area (Å²) >= 11 is 0. The van der Waals surface area contributed by atoms with Gasteiger partial charge in [-0.1, -0.05) is 12.1 Å². The molecule has 0 unspecified atom stereocenters. The van der Waals surface area contributed by atoms with Crippen LogP contribution in [0.2, 0.25) is 0 Å². The summed E-state index contributed by atoms with van der Waals surface area (Å²) in [5.41, 5.74) is 6.73. The molecular weight excluding hydrogens is 446 g/mol. The molecule has 8 heteroatoms. The molecule has 2 atom stereocenters. The number of nitrogens with zero attached hydrogens (tertiary/aromatic N) is 3. The van der Waals surface area contributed by atoms with Gasteiger partial charge in [0.2, 0.25) is 0 Å². The highest BCUT2D eigenvalue weighted by atomic mass is 16.5. The number of benzene rings is 2. The van der Waals surface area contributed by atoms with Gasteiger partial charge in [-0.15, -0.1) is 5.10 Å². The molecule has 0 saturated heterocycles. The Bertz CT molecular complexity index is 1280. The molecule has 1 aliphatic rings. The van der Waals surface area contributed by atoms with Crippen molar-refractivity contribution in [3.63, 3.8) is 0 Å². The number of phenols is 1. The summed E-state index contributed by atoms with van der Waals surface area (Å²) in [5.74, 6) is 0.0311. The SMILES string of the molecule is CC(=O)Oc1cc(C)c2c(c1C)C[C@H]([C@@H](C)C(=O)OCc1cn(-c3ccc(O)cc3C)nn1)CC2. The van der Waals surface area contributed by atoms with E-state index < -0.39 is 0 Å². The second kappa shape index (κ2) is 9.90. The Morgan fingerprint density at radius 2 is 1.94 bits per heavy atom. The molecule has 0 saturated carbocycles. The molecule has 0 spiro atoms. The van der Waals surface area contributed by atoms with E-state index >= 15 is 0 Å². The van der Waals surface area contributed by atoms with E-state index in [0.717, 1.165) is 41.6 Å². The molecule has 0 fully saturated rings. The smallest absolute Gasteiger partial charge is 0.309 e. The van der Waals surface area contributed by atoms with Crippen LogP contribution in [0.15, 0.2) is 30.5 Å². The summed E-state index contributed by atoms with van der Waals surface area (Å²) in [4.78, 5) is 24.4. The number of esters is 2. The van der Waals surface area contributed by atoms with Gasteiger partial charge in [0.05, 0.1) is 17.8 Å². The van der Waals surface area contributed by atoms with Crippen LogP contribution in [0.4, 0.5) is 0 Å². The van der Waals surface area contributed by atoms with Crippen molar-refractivity contribution in [1.82, 2.24) is 15.0 Å². The van der Waals surface area contributed by atoms with Crippen molar-refractivity contribution < 1.29 is 24.2 Å². The summed E-state index contributed by atoms with van der Waals surface area (Å²) in [6, 6.07) is 6.93. The molecule has 3 aromatic rings. The van der Waals surface area contributed by atoms with Gasteiger partial charge in [0, 0.05) is 6.92 Å². The van der Waals surface area contributed by atoms with E-state index in [1.54, 1.807) is 29.1 Å². The summed E-state index contributed by atoms with van der Waals surface area (Å²) < 4.78 is 12.6. The highest BCUT2D eigenvalue weighted by Gasteiger charge is 2.31. The van der Waals surface area contributed by atoms with Crippen LogP contribution in [0.25, 0.3) is 5.69 Å². The molecule has 0 bridgehead atoms. The van der Waals surface area contributed by atoms with Crippen LogP contribution < -0.4 is 4.74 Å². The van der Waals surface area contributed by atoms with Gasteiger partial charge < -0.3 is 14.6 Å². The molecule has 2 aromatic carbocycles. The Labute approximate surface area is 204 Å². The van der Waals surface area contributed by atoms with Crippen LogP contribution in [-0.2, 0) is 33.8 Å². The van der Waals surface area contributed by atoms with Crippen molar-refractivity contribution in [3.8, 4) is 17.2 Å². The van der Waals surface area contributed by atoms with Crippen LogP contribution in [-0.4, -0.2) is 32.0 Å². The van der Waals surface area contributed by atoms with Crippen molar-refractivity contribution in [3.05, 3.63) is 64.0 Å². The zero-order valence-electron chi connectivity index (χ0n) is 20.8. The molecule has 1 N–H and O–H groups in total. The fraction of sp³-hybridized carbons (Fsp3) is 0.407. The summed E-state index contributed by atoms with van der Waals surface area (Å²) in [5, 5.41) is 17.8. The molecule has 4 rings (SSSR count). The maximum atomic E-state index is 12.9. The zero-order valence-corrected chi connectivity index (χ0v) is 20.8. The lowest BCUT2D eigenvalue weighted by atomic mass is 9.75. The minimum atomic E-state index is -0.339. The fourth-order valence-corrected chi connectivity index (χ4v) is 4.86. The van der Waals surface area contributed by atoms with Crippen LogP contribution in [0.5, 0.6) is 11.5 Å². The maximum Gasteiger partial charge on any atom is 0.309 e. The van der Waals surface area contributed by atoms with Gasteiger partial charge in [0.15, 0.2) is 0 Å². The molecule has 0 aliphatic heterocycles. The topological polar surface area (TPSA) is 104 Å². The monoisotopic (exact) mass is 477 g/mol. The Morgan fingerprint density at radius 1 is 1.17 bits per heavy atom. The predicted molar refractivity (Wildman–Crippen MR) is 129 cm³/mol. The van der Waals surface area contributed by atoms with Crippen LogP contribution in [0.1, 0.15) is 53.8 Å². The van der Waals surface area contributed by atoms with Gasteiger partial charge in [-0.3, -0.25) is 9.59 Å². The number of carbonyl (C=O) groups excluding carboxylic acids is 2. The number of ether oxygens (including phenoxy) is 2. The highest BCUT2D eigenvalue weighted by Crippen LogP contribution is 2.38. The van der Waals surface area contributed by atoms with Gasteiger partial charge in [-0.05, 0) is 98.0 Å². The number of aromatic nitrogens is 3. The quantitative estimate of drug-likeness (QED) is 0.417. The number of fused-ring (bicyclic) bond motifs is 1. The van der Waals surface area contributed by atoms with Crippen molar-refractivity contribution in [2.45, 2.75) is 60.5 Å². The molecule has 0 radical (unpaired) electrons. The van der Waals surface area contributed by atoms with Crippen molar-refractivity contribution in [2.75, 3.05) is 0 Å². The first-order valence-electron chi connectivity index (χ1n) is 11.8. The third-order valence-corrected chi connectivity index (χ3v) is 6.90. The molecule has 8 nitrogen and oxygen atoms in total. The number of phenolic OH excluding ortho intramolecular Hbond substituents is 1. The minimum Gasteiger partial charge on any atom is -0.508 e. The number of aryl methyl sites for hydroxylation is 2. The zero-order chi connectivity index (χ0) is 25.3. The average molecular weight is 478 g/mol. The predicted octanol–water partition coefficient (Wildman–Crippen LogP) is 4.31. The summed E-state index contributed by atoms with van der Waals surface area (Å²) in [6.07, 6.45) is 4.23. The van der Waals surface area contributed by atoms with E-state index in [-0.39, 0.29) is 36.1 Å². The standard InChI is InChI=1S/C27H31N3O5/c1-15-11-26(35-19(5)31)18(4)24-12-20(6-8-23(15)24)17(3)27(33)34-14-21-13-30(29-28-21)25-9-7-22(32)10-16(25)2/h7,9-11,13,17,20,32H,6,8,12,14H2,1-5H3/t17-,20-/m1/s1. The third-order valence-electron chi connectivity index (χ3n) is 6.90. The molecule has 0 amide bonds. The van der Waals surface area contributed by atoms with Gasteiger partial charge >= 0.3 is 11.9 Å². The van der Waals surface area contributed by atoms with Gasteiger partial charge in [-0.25, -0.2) is 4.68 Å². The summed E-state index contributed by atoms with van der Waals surface area (Å²) in [7, 11) is 0. The lowest BCUT2D eigenvalue weighted by Gasteiger charge is -2.31. The van der Waals surface area contributed by atoms with Crippen LogP contribution in [0.3, 0.4) is 0 Å². The molecule has 35 heavy (non-hydrogen) atoms. The molecule has 1 aromatic heterocycles. The normalized spacial score (nSPS) is 15.9. The Hall–Kier alpha value is -3.68. The molecule has 1 heterocycles. The molecule has 184 valence electrons. The average Bonchev–Trinajstić information content (AvgIpc) is 3.28. The second-order valence-electron chi connectivity index (χ2n) is 9.39. The van der Waals surface area contributed by atoms with E-state index in [1.165, 1.54) is 18.1 Å². The number of carbonyl (C=O) groups is 2. The first-order chi connectivity index (χ1) is 16.6. The van der Waals surface area contributed by atoms with Gasteiger partial charge in [0.25, 0.3) is 0 Å². The summed E-state index contributed by atoms with van der Waals surface area (Å²) in [6.45, 7) is 9.24.